The molecule has 1 aliphatic rings. The molecular formula is C12H16FNO. The predicted molar refractivity (Wildman–Crippen MR) is 57.0 cm³/mol. The molecule has 1 fully saturated rings. The molecule has 1 aliphatic heterocycles. The van der Waals surface area contributed by atoms with E-state index in [9.17, 15) is 4.39 Å². The molecule has 1 heterocycles. The summed E-state index contributed by atoms with van der Waals surface area (Å²) in [7, 11) is 0. The minimum absolute atomic E-state index is 0.172. The monoisotopic (exact) mass is 209 g/mol. The number of β-amino-alcohol motifs (C(OH)–C–C–N with tert-alkyl or cyclic N) is 1. The summed E-state index contributed by atoms with van der Waals surface area (Å²) in [6.45, 7) is 1.86. The second-order valence-corrected chi connectivity index (χ2v) is 3.97. The van der Waals surface area contributed by atoms with Crippen LogP contribution in [0.2, 0.25) is 0 Å². The molecule has 1 aromatic rings. The molecule has 0 aromatic heterocycles. The Bertz CT molecular complexity index is 329. The van der Waals surface area contributed by atoms with Crippen molar-refractivity contribution in [2.24, 2.45) is 0 Å². The first-order chi connectivity index (χ1) is 7.31. The van der Waals surface area contributed by atoms with Crippen molar-refractivity contribution in [1.82, 2.24) is 4.90 Å². The minimum Gasteiger partial charge on any atom is -0.395 e. The van der Waals surface area contributed by atoms with Gasteiger partial charge in [-0.15, -0.1) is 0 Å². The van der Waals surface area contributed by atoms with Crippen molar-refractivity contribution in [2.75, 3.05) is 19.7 Å². The van der Waals surface area contributed by atoms with Gasteiger partial charge in [0.25, 0.3) is 0 Å². The average molecular weight is 209 g/mol. The predicted octanol–water partition coefficient (Wildman–Crippen LogP) is 1.95. The summed E-state index contributed by atoms with van der Waals surface area (Å²) in [6.07, 6.45) is 2.19. The van der Waals surface area contributed by atoms with E-state index in [4.69, 9.17) is 5.11 Å². The van der Waals surface area contributed by atoms with Crippen molar-refractivity contribution in [3.8, 4) is 0 Å². The quantitative estimate of drug-likeness (QED) is 0.822. The molecule has 0 radical (unpaired) electrons. The number of benzene rings is 1. The smallest absolute Gasteiger partial charge is 0.123 e. The lowest BCUT2D eigenvalue weighted by Gasteiger charge is -2.23. The van der Waals surface area contributed by atoms with Gasteiger partial charge in [0.15, 0.2) is 0 Å². The van der Waals surface area contributed by atoms with E-state index < -0.39 is 0 Å². The summed E-state index contributed by atoms with van der Waals surface area (Å²) in [5.41, 5.74) is 1.03. The zero-order valence-corrected chi connectivity index (χ0v) is 8.69. The number of rotatable bonds is 3. The van der Waals surface area contributed by atoms with Crippen molar-refractivity contribution in [3.05, 3.63) is 35.6 Å². The van der Waals surface area contributed by atoms with Crippen molar-refractivity contribution in [2.45, 2.75) is 18.9 Å². The SMILES string of the molecule is OCCN1CCC[C@@H]1c1cccc(F)c1. The fourth-order valence-corrected chi connectivity index (χ4v) is 2.31. The van der Waals surface area contributed by atoms with Gasteiger partial charge in [0.1, 0.15) is 5.82 Å². The van der Waals surface area contributed by atoms with Crippen molar-refractivity contribution in [3.63, 3.8) is 0 Å². The molecule has 1 atom stereocenters. The van der Waals surface area contributed by atoms with Crippen LogP contribution in [0.15, 0.2) is 24.3 Å². The van der Waals surface area contributed by atoms with Crippen LogP contribution in [0.5, 0.6) is 0 Å². The summed E-state index contributed by atoms with van der Waals surface area (Å²) in [5.74, 6) is -0.177. The molecular weight excluding hydrogens is 193 g/mol. The highest BCUT2D eigenvalue weighted by molar-refractivity contribution is 5.21. The summed E-state index contributed by atoms with van der Waals surface area (Å²) >= 11 is 0. The molecule has 3 heteroatoms. The van der Waals surface area contributed by atoms with E-state index in [-0.39, 0.29) is 18.5 Å². The Kier molecular flexibility index (Phi) is 3.34. The molecule has 2 nitrogen and oxygen atoms in total. The highest BCUT2D eigenvalue weighted by Crippen LogP contribution is 2.31. The van der Waals surface area contributed by atoms with Gasteiger partial charge >= 0.3 is 0 Å². The maximum atomic E-state index is 13.1. The van der Waals surface area contributed by atoms with Crippen LogP contribution in [0.1, 0.15) is 24.4 Å². The first-order valence-corrected chi connectivity index (χ1v) is 5.41. The van der Waals surface area contributed by atoms with Crippen molar-refractivity contribution >= 4 is 0 Å². The third-order valence-electron chi connectivity index (χ3n) is 2.98. The first-order valence-electron chi connectivity index (χ1n) is 5.41. The molecule has 0 saturated carbocycles. The molecule has 0 aliphatic carbocycles. The number of aliphatic hydroxyl groups is 1. The Morgan fingerprint density at radius 2 is 2.33 bits per heavy atom. The summed E-state index contributed by atoms with van der Waals surface area (Å²) in [4.78, 5) is 2.22. The van der Waals surface area contributed by atoms with Crippen LogP contribution in [0.25, 0.3) is 0 Å². The molecule has 2 rings (SSSR count). The van der Waals surface area contributed by atoms with E-state index in [0.29, 0.717) is 6.54 Å². The largest absolute Gasteiger partial charge is 0.395 e. The number of halogens is 1. The number of aliphatic hydroxyl groups excluding tert-OH is 1. The minimum atomic E-state index is -0.177. The molecule has 0 spiro atoms. The van der Waals surface area contributed by atoms with E-state index >= 15 is 0 Å². The van der Waals surface area contributed by atoms with Crippen LogP contribution in [-0.2, 0) is 0 Å². The van der Waals surface area contributed by atoms with Gasteiger partial charge in [-0.2, -0.15) is 0 Å². The van der Waals surface area contributed by atoms with Crippen LogP contribution >= 0.6 is 0 Å². The molecule has 1 aromatic carbocycles. The summed E-state index contributed by atoms with van der Waals surface area (Å²) in [5, 5.41) is 8.93. The van der Waals surface area contributed by atoms with Gasteiger partial charge in [-0.3, -0.25) is 4.90 Å². The van der Waals surface area contributed by atoms with Gasteiger partial charge in [0.05, 0.1) is 6.61 Å². The van der Waals surface area contributed by atoms with Crippen molar-refractivity contribution in [1.29, 1.82) is 0 Å². The van der Waals surface area contributed by atoms with E-state index in [2.05, 4.69) is 4.90 Å². The lowest BCUT2D eigenvalue weighted by molar-refractivity contribution is 0.185. The van der Waals surface area contributed by atoms with E-state index in [1.54, 1.807) is 12.1 Å². The average Bonchev–Trinajstić information content (AvgIpc) is 2.66. The van der Waals surface area contributed by atoms with Crippen LogP contribution in [0.3, 0.4) is 0 Å². The topological polar surface area (TPSA) is 23.5 Å². The number of hydrogen-bond acceptors (Lipinski definition) is 2. The molecule has 0 amide bonds. The van der Waals surface area contributed by atoms with Crippen molar-refractivity contribution < 1.29 is 9.50 Å². The van der Waals surface area contributed by atoms with Crippen LogP contribution in [-0.4, -0.2) is 29.7 Å². The Balaban J connectivity index is 2.15. The molecule has 0 unspecified atom stereocenters. The molecule has 1 saturated heterocycles. The second-order valence-electron chi connectivity index (χ2n) is 3.97. The Morgan fingerprint density at radius 1 is 1.47 bits per heavy atom. The standard InChI is InChI=1S/C12H16FNO/c13-11-4-1-3-10(9-11)12-5-2-6-14(12)7-8-15/h1,3-4,9,12,15H,2,5-8H2/t12-/m1/s1. The zero-order valence-electron chi connectivity index (χ0n) is 8.69. The molecule has 15 heavy (non-hydrogen) atoms. The molecule has 1 N–H and O–H groups in total. The highest BCUT2D eigenvalue weighted by atomic mass is 19.1. The third kappa shape index (κ3) is 2.36. The third-order valence-corrected chi connectivity index (χ3v) is 2.98. The first kappa shape index (κ1) is 10.6. The Labute approximate surface area is 89.3 Å². The molecule has 0 bridgehead atoms. The van der Waals surface area contributed by atoms with Crippen LogP contribution in [0.4, 0.5) is 4.39 Å². The van der Waals surface area contributed by atoms with Crippen LogP contribution < -0.4 is 0 Å². The maximum Gasteiger partial charge on any atom is 0.123 e. The molecule has 82 valence electrons. The maximum absolute atomic E-state index is 13.1. The van der Waals surface area contributed by atoms with Gasteiger partial charge in [-0.25, -0.2) is 4.39 Å². The zero-order chi connectivity index (χ0) is 10.7. The number of nitrogens with zero attached hydrogens (tertiary/aromatic N) is 1. The van der Waals surface area contributed by atoms with Gasteiger partial charge in [-0.05, 0) is 37.1 Å². The van der Waals surface area contributed by atoms with Gasteiger partial charge < -0.3 is 5.11 Å². The number of hydrogen-bond donors (Lipinski definition) is 1. The lowest BCUT2D eigenvalue weighted by atomic mass is 10.0. The van der Waals surface area contributed by atoms with E-state index in [0.717, 1.165) is 24.9 Å². The van der Waals surface area contributed by atoms with Gasteiger partial charge in [-0.1, -0.05) is 12.1 Å². The number of likely N-dealkylation sites (tertiary alicyclic amines) is 1. The Hall–Kier alpha value is -0.930. The fraction of sp³-hybridized carbons (Fsp3) is 0.500. The van der Waals surface area contributed by atoms with Gasteiger partial charge in [0.2, 0.25) is 0 Å². The van der Waals surface area contributed by atoms with Gasteiger partial charge in [0, 0.05) is 12.6 Å². The highest BCUT2D eigenvalue weighted by Gasteiger charge is 2.25. The van der Waals surface area contributed by atoms with E-state index in [1.165, 1.54) is 6.07 Å². The lowest BCUT2D eigenvalue weighted by Crippen LogP contribution is -2.26. The summed E-state index contributed by atoms with van der Waals surface area (Å²) in [6, 6.07) is 7.06. The normalized spacial score (nSPS) is 22.1. The summed E-state index contributed by atoms with van der Waals surface area (Å²) < 4.78 is 13.1. The van der Waals surface area contributed by atoms with Crippen LogP contribution in [0, 0.1) is 5.82 Å². The second kappa shape index (κ2) is 4.73. The van der Waals surface area contributed by atoms with E-state index in [1.807, 2.05) is 6.07 Å². The fourth-order valence-electron chi connectivity index (χ4n) is 2.31. The Morgan fingerprint density at radius 3 is 3.07 bits per heavy atom.